The van der Waals surface area contributed by atoms with Crippen molar-refractivity contribution >= 4 is 17.5 Å². The SMILES string of the molecule is COc1ccc(-c2cccc3nc(C4CN(C(=O)C5CC5)CCN4C)cn23)cc1.O=C(O)C(F)(F)F. The van der Waals surface area contributed by atoms with Gasteiger partial charge in [-0.3, -0.25) is 14.1 Å². The second-order valence-corrected chi connectivity index (χ2v) is 8.89. The molecule has 2 aliphatic rings. The zero-order chi connectivity index (χ0) is 26.0. The maximum atomic E-state index is 12.6. The maximum Gasteiger partial charge on any atom is 0.490 e. The summed E-state index contributed by atoms with van der Waals surface area (Å²) in [6.45, 7) is 2.41. The maximum absolute atomic E-state index is 12.6. The summed E-state index contributed by atoms with van der Waals surface area (Å²) in [5.41, 5.74) is 4.14. The third-order valence-corrected chi connectivity index (χ3v) is 6.37. The molecule has 11 heteroatoms. The minimum atomic E-state index is -5.08. The molecule has 1 N–H and O–H groups in total. The number of rotatable bonds is 4. The molecule has 3 aromatic rings. The number of amides is 1. The van der Waals surface area contributed by atoms with Crippen LogP contribution >= 0.6 is 0 Å². The Bertz CT molecular complexity index is 1240. The molecule has 0 radical (unpaired) electrons. The van der Waals surface area contributed by atoms with Crippen molar-refractivity contribution < 1.29 is 32.6 Å². The molecule has 1 atom stereocenters. The van der Waals surface area contributed by atoms with E-state index < -0.39 is 12.1 Å². The van der Waals surface area contributed by atoms with Gasteiger partial charge in [-0.25, -0.2) is 9.78 Å². The van der Waals surface area contributed by atoms with Crippen molar-refractivity contribution in [2.45, 2.75) is 25.1 Å². The van der Waals surface area contributed by atoms with Crippen LogP contribution in [-0.2, 0) is 9.59 Å². The average Bonchev–Trinajstić information content (AvgIpc) is 3.62. The molecule has 192 valence electrons. The number of halogens is 3. The monoisotopic (exact) mass is 504 g/mol. The molecule has 1 saturated heterocycles. The van der Waals surface area contributed by atoms with Gasteiger partial charge >= 0.3 is 12.1 Å². The molecule has 1 aliphatic heterocycles. The topological polar surface area (TPSA) is 87.4 Å². The minimum absolute atomic E-state index is 0.120. The quantitative estimate of drug-likeness (QED) is 0.581. The largest absolute Gasteiger partial charge is 0.497 e. The highest BCUT2D eigenvalue weighted by atomic mass is 19.4. The van der Waals surface area contributed by atoms with Gasteiger partial charge in [-0.1, -0.05) is 6.07 Å². The van der Waals surface area contributed by atoms with Crippen molar-refractivity contribution in [1.29, 1.82) is 0 Å². The molecule has 8 nitrogen and oxygen atoms in total. The standard InChI is InChI=1S/C23H26N4O2.C2HF3O2/c1-25-12-13-26(23(28)17-6-7-17)15-21(25)19-14-27-20(4-3-5-22(27)24-19)16-8-10-18(29-2)11-9-16;3-2(4,5)1(6)7/h3-5,8-11,14,17,21H,6-7,12-13,15H2,1-2H3;(H,6,7). The van der Waals surface area contributed by atoms with E-state index in [2.05, 4.69) is 40.7 Å². The van der Waals surface area contributed by atoms with E-state index in [4.69, 9.17) is 19.6 Å². The highest BCUT2D eigenvalue weighted by molar-refractivity contribution is 5.81. The molecule has 0 bridgehead atoms. The number of aromatic nitrogens is 2. The number of alkyl halides is 3. The number of pyridine rings is 1. The number of carbonyl (C=O) groups is 2. The van der Waals surface area contributed by atoms with E-state index in [0.29, 0.717) is 12.5 Å². The first-order valence-corrected chi connectivity index (χ1v) is 11.5. The van der Waals surface area contributed by atoms with E-state index in [-0.39, 0.29) is 12.0 Å². The van der Waals surface area contributed by atoms with Crippen molar-refractivity contribution in [2.75, 3.05) is 33.8 Å². The van der Waals surface area contributed by atoms with E-state index >= 15 is 0 Å². The van der Waals surface area contributed by atoms with E-state index in [9.17, 15) is 18.0 Å². The van der Waals surface area contributed by atoms with Gasteiger partial charge in [-0.2, -0.15) is 13.2 Å². The predicted molar refractivity (Wildman–Crippen MR) is 126 cm³/mol. The Kier molecular flexibility index (Phi) is 7.21. The van der Waals surface area contributed by atoms with Crippen LogP contribution in [0, 0.1) is 5.92 Å². The third-order valence-electron chi connectivity index (χ3n) is 6.37. The number of likely N-dealkylation sites (N-methyl/N-ethyl adjacent to an activating group) is 1. The molecule has 3 heterocycles. The highest BCUT2D eigenvalue weighted by Crippen LogP contribution is 2.34. The Morgan fingerprint density at radius 3 is 2.33 bits per heavy atom. The molecule has 1 aliphatic carbocycles. The van der Waals surface area contributed by atoms with Crippen LogP contribution in [0.5, 0.6) is 5.75 Å². The number of methoxy groups -OCH3 is 1. The van der Waals surface area contributed by atoms with Gasteiger partial charge < -0.3 is 14.7 Å². The lowest BCUT2D eigenvalue weighted by atomic mass is 10.1. The lowest BCUT2D eigenvalue weighted by Gasteiger charge is -2.38. The first kappa shape index (κ1) is 25.5. The van der Waals surface area contributed by atoms with E-state index in [1.165, 1.54) is 0 Å². The van der Waals surface area contributed by atoms with Crippen LogP contribution in [0.3, 0.4) is 0 Å². The van der Waals surface area contributed by atoms with Gasteiger partial charge in [0.25, 0.3) is 0 Å². The van der Waals surface area contributed by atoms with Gasteiger partial charge in [-0.15, -0.1) is 0 Å². The van der Waals surface area contributed by atoms with Crippen LogP contribution in [-0.4, -0.2) is 76.1 Å². The van der Waals surface area contributed by atoms with Crippen LogP contribution in [0.1, 0.15) is 24.6 Å². The normalized spacial score (nSPS) is 18.5. The van der Waals surface area contributed by atoms with Crippen LogP contribution in [0.4, 0.5) is 13.2 Å². The molecule has 1 aromatic carbocycles. The fourth-order valence-electron chi connectivity index (χ4n) is 4.17. The lowest BCUT2D eigenvalue weighted by molar-refractivity contribution is -0.192. The van der Waals surface area contributed by atoms with Gasteiger partial charge in [0.15, 0.2) is 0 Å². The van der Waals surface area contributed by atoms with Crippen molar-refractivity contribution in [1.82, 2.24) is 19.2 Å². The van der Waals surface area contributed by atoms with Gasteiger partial charge in [0.2, 0.25) is 5.91 Å². The smallest absolute Gasteiger partial charge is 0.490 e. The fourth-order valence-corrected chi connectivity index (χ4v) is 4.17. The zero-order valence-corrected chi connectivity index (χ0v) is 19.9. The van der Waals surface area contributed by atoms with Crippen molar-refractivity contribution in [3.63, 3.8) is 0 Å². The molecule has 5 rings (SSSR count). The molecule has 36 heavy (non-hydrogen) atoms. The summed E-state index contributed by atoms with van der Waals surface area (Å²) < 4.78 is 39.2. The summed E-state index contributed by atoms with van der Waals surface area (Å²) >= 11 is 0. The summed E-state index contributed by atoms with van der Waals surface area (Å²) in [4.78, 5) is 30.7. The molecule has 1 amide bonds. The predicted octanol–water partition coefficient (Wildman–Crippen LogP) is 3.87. The van der Waals surface area contributed by atoms with Crippen LogP contribution < -0.4 is 4.74 Å². The molecule has 2 fully saturated rings. The average molecular weight is 505 g/mol. The number of carboxylic acid groups (broad SMARTS) is 1. The lowest BCUT2D eigenvalue weighted by Crippen LogP contribution is -2.49. The highest BCUT2D eigenvalue weighted by Gasteiger charge is 2.38. The van der Waals surface area contributed by atoms with Gasteiger partial charge in [0, 0.05) is 31.7 Å². The molecule has 2 aromatic heterocycles. The number of carbonyl (C=O) groups excluding carboxylic acids is 1. The second kappa shape index (κ2) is 10.2. The number of carboxylic acids is 1. The third kappa shape index (κ3) is 5.62. The molecule has 0 spiro atoms. The number of benzene rings is 1. The summed E-state index contributed by atoms with van der Waals surface area (Å²) in [6, 6.07) is 14.4. The molecule has 1 unspecified atom stereocenters. The van der Waals surface area contributed by atoms with Crippen LogP contribution in [0.15, 0.2) is 48.7 Å². The Labute approximate surface area is 205 Å². The van der Waals surface area contributed by atoms with E-state index in [1.54, 1.807) is 7.11 Å². The van der Waals surface area contributed by atoms with E-state index in [1.807, 2.05) is 29.2 Å². The van der Waals surface area contributed by atoms with Crippen molar-refractivity contribution in [3.8, 4) is 17.0 Å². The molecular formula is C25H27F3N4O4. The summed E-state index contributed by atoms with van der Waals surface area (Å²) in [6.07, 6.45) is -0.855. The Morgan fingerprint density at radius 2 is 1.75 bits per heavy atom. The van der Waals surface area contributed by atoms with Crippen LogP contribution in [0.25, 0.3) is 16.9 Å². The number of aliphatic carboxylic acids is 1. The number of imidazole rings is 1. The second-order valence-electron chi connectivity index (χ2n) is 8.89. The zero-order valence-electron chi connectivity index (χ0n) is 19.9. The van der Waals surface area contributed by atoms with Gasteiger partial charge in [-0.05, 0) is 61.9 Å². The van der Waals surface area contributed by atoms with Gasteiger partial charge in [0.1, 0.15) is 11.4 Å². The number of ether oxygens (including phenoxy) is 1. The van der Waals surface area contributed by atoms with Gasteiger partial charge in [0.05, 0.1) is 24.5 Å². The first-order valence-electron chi connectivity index (χ1n) is 11.5. The Balaban J connectivity index is 0.000000384. The summed E-state index contributed by atoms with van der Waals surface area (Å²) in [5.74, 6) is -1.32. The van der Waals surface area contributed by atoms with Crippen LogP contribution in [0.2, 0.25) is 0 Å². The fraction of sp³-hybridized carbons (Fsp3) is 0.400. The Hall–Kier alpha value is -3.60. The number of nitrogens with zero attached hydrogens (tertiary/aromatic N) is 4. The number of piperazine rings is 1. The Morgan fingerprint density at radius 1 is 1.08 bits per heavy atom. The number of hydrogen-bond acceptors (Lipinski definition) is 5. The minimum Gasteiger partial charge on any atom is -0.497 e. The summed E-state index contributed by atoms with van der Waals surface area (Å²) in [5, 5.41) is 7.12. The molecular weight excluding hydrogens is 477 g/mol. The van der Waals surface area contributed by atoms with E-state index in [0.717, 1.165) is 54.3 Å². The molecule has 1 saturated carbocycles. The number of fused-ring (bicyclic) bond motifs is 1. The number of hydrogen-bond donors (Lipinski definition) is 1. The summed E-state index contributed by atoms with van der Waals surface area (Å²) in [7, 11) is 3.80. The van der Waals surface area contributed by atoms with Crippen molar-refractivity contribution in [2.24, 2.45) is 5.92 Å². The van der Waals surface area contributed by atoms with Crippen molar-refractivity contribution in [3.05, 3.63) is 54.4 Å². The first-order chi connectivity index (χ1) is 17.1.